The zero-order valence-electron chi connectivity index (χ0n) is 25.3. The average Bonchev–Trinajstić information content (AvgIpc) is 3.31. The summed E-state index contributed by atoms with van der Waals surface area (Å²) in [5.74, 6) is 0.794. The van der Waals surface area contributed by atoms with Crippen molar-refractivity contribution >= 4 is 18.4 Å². The van der Waals surface area contributed by atoms with Crippen LogP contribution in [0.5, 0.6) is 0 Å². The third-order valence-electron chi connectivity index (χ3n) is 6.90. The molecule has 2 aromatic rings. The van der Waals surface area contributed by atoms with Gasteiger partial charge in [-0.3, -0.25) is 0 Å². The van der Waals surface area contributed by atoms with Crippen molar-refractivity contribution in [1.29, 1.82) is 0 Å². The molecule has 0 amide bonds. The molecule has 0 aliphatic heterocycles. The first-order chi connectivity index (χ1) is 17.7. The van der Waals surface area contributed by atoms with E-state index in [0.717, 1.165) is 23.0 Å². The summed E-state index contributed by atoms with van der Waals surface area (Å²) in [4.78, 5) is 8.00. The van der Waals surface area contributed by atoms with Gasteiger partial charge >= 0.3 is 0 Å². The molecular formula is C34H54ClNO. The molecule has 2 aromatic carbocycles. The molecule has 1 atom stereocenters. The summed E-state index contributed by atoms with van der Waals surface area (Å²) in [5, 5.41) is 3.93. The smallest absolute Gasteiger partial charge is 0.106 e. The van der Waals surface area contributed by atoms with E-state index < -0.39 is 0 Å². The Morgan fingerprint density at radius 1 is 0.919 bits per heavy atom. The molecule has 1 N–H and O–H groups in total. The Labute approximate surface area is 235 Å². The standard InChI is InChI=1S/C17H26.C9H11Cl.C5H13N.C2H2.CH2O/c1-5-8-14-11-13(6-2)15(7-3)16-10-9-12(4)17(14)16;1-6-4-8(3)9(10)5-7(6)2;1-3-4-5-6-2;2*1-2/h11-12H,5-10H2,1-4H3;4-5H,1-3H3;6H,3-5H2,1-2H3;1-2H;1H2. The molecule has 3 heteroatoms. The zero-order chi connectivity index (χ0) is 29.0. The first kappa shape index (κ1) is 37.1. The summed E-state index contributed by atoms with van der Waals surface area (Å²) in [6, 6.07) is 6.63. The van der Waals surface area contributed by atoms with Crippen molar-refractivity contribution < 1.29 is 4.79 Å². The van der Waals surface area contributed by atoms with Gasteiger partial charge in [-0.2, -0.15) is 0 Å². The Morgan fingerprint density at radius 2 is 1.51 bits per heavy atom. The van der Waals surface area contributed by atoms with Crippen LogP contribution in [0.4, 0.5) is 0 Å². The number of carbonyl (C=O) groups is 1. The van der Waals surface area contributed by atoms with Crippen LogP contribution in [0, 0.1) is 33.6 Å². The van der Waals surface area contributed by atoms with Crippen molar-refractivity contribution in [3.8, 4) is 12.8 Å². The molecule has 1 aliphatic carbocycles. The molecule has 208 valence electrons. The maximum Gasteiger partial charge on any atom is 0.106 e. The summed E-state index contributed by atoms with van der Waals surface area (Å²) in [6.45, 7) is 20.9. The van der Waals surface area contributed by atoms with Crippen LogP contribution >= 0.6 is 11.6 Å². The van der Waals surface area contributed by atoms with Crippen LogP contribution in [0.25, 0.3) is 0 Å². The number of benzene rings is 2. The highest BCUT2D eigenvalue weighted by Crippen LogP contribution is 2.39. The molecule has 0 spiro atoms. The number of halogens is 1. The summed E-state index contributed by atoms with van der Waals surface area (Å²) < 4.78 is 0. The van der Waals surface area contributed by atoms with Crippen LogP contribution in [0.1, 0.15) is 111 Å². The normalized spacial score (nSPS) is 12.8. The molecule has 2 nitrogen and oxygen atoms in total. The van der Waals surface area contributed by atoms with Gasteiger partial charge in [-0.25, -0.2) is 0 Å². The van der Waals surface area contributed by atoms with Crippen molar-refractivity contribution in [2.24, 2.45) is 0 Å². The molecule has 0 bridgehead atoms. The van der Waals surface area contributed by atoms with E-state index in [1.54, 1.807) is 27.8 Å². The van der Waals surface area contributed by atoms with Crippen molar-refractivity contribution in [3.05, 3.63) is 67.7 Å². The van der Waals surface area contributed by atoms with E-state index in [9.17, 15) is 0 Å². The summed E-state index contributed by atoms with van der Waals surface area (Å²) in [7, 11) is 1.98. The fraction of sp³-hybridized carbons (Fsp3) is 0.559. The van der Waals surface area contributed by atoms with Gasteiger partial charge in [-0.15, -0.1) is 12.8 Å². The molecule has 0 heterocycles. The second-order valence-electron chi connectivity index (χ2n) is 9.61. The van der Waals surface area contributed by atoms with Crippen LogP contribution in [-0.2, 0) is 30.5 Å². The average molecular weight is 528 g/mol. The third-order valence-corrected chi connectivity index (χ3v) is 7.31. The van der Waals surface area contributed by atoms with Crippen LogP contribution in [0.2, 0.25) is 5.02 Å². The highest BCUT2D eigenvalue weighted by Gasteiger charge is 2.25. The second-order valence-corrected chi connectivity index (χ2v) is 10.0. The highest BCUT2D eigenvalue weighted by atomic mass is 35.5. The van der Waals surface area contributed by atoms with Crippen LogP contribution in [0.15, 0.2) is 18.2 Å². The summed E-state index contributed by atoms with van der Waals surface area (Å²) >= 11 is 5.89. The maximum atomic E-state index is 8.00. The van der Waals surface area contributed by atoms with Gasteiger partial charge in [0.25, 0.3) is 0 Å². The number of hydrogen-bond acceptors (Lipinski definition) is 2. The van der Waals surface area contributed by atoms with Crippen LogP contribution in [-0.4, -0.2) is 20.4 Å². The van der Waals surface area contributed by atoms with E-state index in [4.69, 9.17) is 16.4 Å². The molecule has 3 rings (SSSR count). The molecule has 0 saturated heterocycles. The van der Waals surface area contributed by atoms with E-state index >= 15 is 0 Å². The Morgan fingerprint density at radius 3 is 1.95 bits per heavy atom. The molecule has 0 saturated carbocycles. The lowest BCUT2D eigenvalue weighted by Crippen LogP contribution is -2.06. The largest absolute Gasteiger partial charge is 0.320 e. The van der Waals surface area contributed by atoms with E-state index in [1.165, 1.54) is 62.5 Å². The van der Waals surface area contributed by atoms with Gasteiger partial charge in [0.1, 0.15) is 6.79 Å². The zero-order valence-corrected chi connectivity index (χ0v) is 26.1. The number of nitrogens with one attached hydrogen (secondary N) is 1. The third kappa shape index (κ3) is 12.3. The van der Waals surface area contributed by atoms with Gasteiger partial charge in [-0.1, -0.05) is 71.2 Å². The number of hydrogen-bond donors (Lipinski definition) is 1. The molecular weight excluding hydrogens is 474 g/mol. The predicted molar refractivity (Wildman–Crippen MR) is 167 cm³/mol. The molecule has 0 fully saturated rings. The Hall–Kier alpha value is -2.08. The number of fused-ring (bicyclic) bond motifs is 1. The fourth-order valence-corrected chi connectivity index (χ4v) is 5.06. The van der Waals surface area contributed by atoms with E-state index in [0.29, 0.717) is 0 Å². The van der Waals surface area contributed by atoms with Crippen molar-refractivity contribution in [3.63, 3.8) is 0 Å². The highest BCUT2D eigenvalue weighted by molar-refractivity contribution is 6.31. The van der Waals surface area contributed by atoms with Gasteiger partial charge in [0.2, 0.25) is 0 Å². The molecule has 1 aliphatic rings. The number of aryl methyl sites for hydroxylation is 5. The van der Waals surface area contributed by atoms with Crippen LogP contribution < -0.4 is 5.32 Å². The lowest BCUT2D eigenvalue weighted by Gasteiger charge is -2.18. The number of rotatable bonds is 7. The van der Waals surface area contributed by atoms with Gasteiger partial charge in [0.15, 0.2) is 0 Å². The number of carbonyl (C=O) groups excluding carboxylic acids is 1. The quantitative estimate of drug-likeness (QED) is 0.287. The van der Waals surface area contributed by atoms with Gasteiger partial charge in [0.05, 0.1) is 0 Å². The lowest BCUT2D eigenvalue weighted by molar-refractivity contribution is -0.0979. The molecule has 37 heavy (non-hydrogen) atoms. The van der Waals surface area contributed by atoms with Crippen molar-refractivity contribution in [2.75, 3.05) is 13.6 Å². The Bertz CT molecular complexity index is 862. The molecule has 1 unspecified atom stereocenters. The number of unbranched alkanes of at least 4 members (excludes halogenated alkanes) is 1. The first-order valence-corrected chi connectivity index (χ1v) is 14.3. The van der Waals surface area contributed by atoms with E-state index in [1.807, 2.05) is 26.8 Å². The Kier molecular flexibility index (Phi) is 22.0. The predicted octanol–water partition coefficient (Wildman–Crippen LogP) is 9.15. The van der Waals surface area contributed by atoms with Gasteiger partial charge in [0, 0.05) is 5.02 Å². The molecule has 0 radical (unpaired) electrons. The van der Waals surface area contributed by atoms with Gasteiger partial charge in [-0.05, 0) is 129 Å². The van der Waals surface area contributed by atoms with Gasteiger partial charge < -0.3 is 10.1 Å². The fourth-order valence-electron chi connectivity index (χ4n) is 4.84. The summed E-state index contributed by atoms with van der Waals surface area (Å²) in [6.07, 6.45) is 18.2. The minimum atomic E-state index is 0.794. The SMILES string of the molecule is C#C.C=O.CCCCNC.CCCc1cc(CC)c(CC)c2c1C(C)CC2.Cc1cc(C)c(Cl)cc1C. The van der Waals surface area contributed by atoms with Crippen molar-refractivity contribution in [1.82, 2.24) is 5.32 Å². The van der Waals surface area contributed by atoms with Crippen LogP contribution in [0.3, 0.4) is 0 Å². The topological polar surface area (TPSA) is 29.1 Å². The van der Waals surface area contributed by atoms with E-state index in [2.05, 4.69) is 78.8 Å². The molecule has 0 aromatic heterocycles. The minimum absolute atomic E-state index is 0.794. The lowest BCUT2D eigenvalue weighted by atomic mass is 9.87. The number of terminal acetylenes is 1. The van der Waals surface area contributed by atoms with Crippen molar-refractivity contribution in [2.45, 2.75) is 113 Å². The maximum absolute atomic E-state index is 8.00. The summed E-state index contributed by atoms with van der Waals surface area (Å²) in [5.41, 5.74) is 12.1. The Balaban J connectivity index is 0. The first-order valence-electron chi connectivity index (χ1n) is 13.9. The minimum Gasteiger partial charge on any atom is -0.320 e. The second kappa shape index (κ2) is 22.0. The van der Waals surface area contributed by atoms with E-state index in [-0.39, 0.29) is 0 Å². The monoisotopic (exact) mass is 527 g/mol.